The van der Waals surface area contributed by atoms with Crippen LogP contribution in [0.15, 0.2) is 18.6 Å². The van der Waals surface area contributed by atoms with Gasteiger partial charge in [0.2, 0.25) is 0 Å². The van der Waals surface area contributed by atoms with Gasteiger partial charge in [0.25, 0.3) is 5.91 Å². The summed E-state index contributed by atoms with van der Waals surface area (Å²) in [5.41, 5.74) is 0.247. The SMILES string of the molecule is CCn1cc(Cl)c(C(=O)NCCn2ccnn2)n1. The van der Waals surface area contributed by atoms with Crippen LogP contribution in [-0.2, 0) is 13.1 Å². The predicted molar refractivity (Wildman–Crippen MR) is 65.3 cm³/mol. The lowest BCUT2D eigenvalue weighted by atomic mass is 10.4. The van der Waals surface area contributed by atoms with Crippen molar-refractivity contribution in [2.24, 2.45) is 0 Å². The second kappa shape index (κ2) is 5.63. The molecule has 0 aliphatic heterocycles. The van der Waals surface area contributed by atoms with Crippen molar-refractivity contribution >= 4 is 17.5 Å². The molecule has 2 heterocycles. The monoisotopic (exact) mass is 268 g/mol. The Balaban J connectivity index is 1.89. The molecule has 2 aromatic heterocycles. The molecule has 0 bridgehead atoms. The highest BCUT2D eigenvalue weighted by Crippen LogP contribution is 2.13. The van der Waals surface area contributed by atoms with E-state index < -0.39 is 0 Å². The fourth-order valence-electron chi connectivity index (χ4n) is 1.43. The lowest BCUT2D eigenvalue weighted by molar-refractivity contribution is 0.0946. The Morgan fingerprint density at radius 1 is 1.50 bits per heavy atom. The molecule has 18 heavy (non-hydrogen) atoms. The van der Waals surface area contributed by atoms with Gasteiger partial charge in [0.05, 0.1) is 17.8 Å². The molecule has 2 rings (SSSR count). The third-order valence-corrected chi connectivity index (χ3v) is 2.63. The van der Waals surface area contributed by atoms with Gasteiger partial charge in [0.15, 0.2) is 5.69 Å². The minimum atomic E-state index is -0.285. The van der Waals surface area contributed by atoms with Gasteiger partial charge in [-0.25, -0.2) is 0 Å². The third kappa shape index (κ3) is 2.86. The fourth-order valence-corrected chi connectivity index (χ4v) is 1.67. The molecule has 0 saturated carbocycles. The Morgan fingerprint density at radius 2 is 2.33 bits per heavy atom. The van der Waals surface area contributed by atoms with E-state index in [-0.39, 0.29) is 11.6 Å². The first kappa shape index (κ1) is 12.6. The Bertz CT molecular complexity index is 520. The standard InChI is InChI=1S/C10H13ClN6O/c1-2-16-7-8(11)9(14-16)10(18)12-3-5-17-6-4-13-15-17/h4,6-7H,2-3,5H2,1H3,(H,12,18). The van der Waals surface area contributed by atoms with Crippen LogP contribution in [0.4, 0.5) is 0 Å². The quantitative estimate of drug-likeness (QED) is 0.860. The molecular weight excluding hydrogens is 256 g/mol. The number of aromatic nitrogens is 5. The molecule has 1 amide bonds. The zero-order valence-electron chi connectivity index (χ0n) is 9.88. The zero-order chi connectivity index (χ0) is 13.0. The van der Waals surface area contributed by atoms with Crippen molar-refractivity contribution in [1.82, 2.24) is 30.1 Å². The van der Waals surface area contributed by atoms with Crippen LogP contribution in [0.5, 0.6) is 0 Å². The predicted octanol–water partition coefficient (Wildman–Crippen LogP) is 0.578. The number of hydrogen-bond acceptors (Lipinski definition) is 4. The van der Waals surface area contributed by atoms with E-state index in [0.29, 0.717) is 24.7 Å². The minimum Gasteiger partial charge on any atom is -0.349 e. The van der Waals surface area contributed by atoms with Gasteiger partial charge in [-0.2, -0.15) is 5.10 Å². The second-order valence-corrected chi connectivity index (χ2v) is 4.01. The first-order valence-corrected chi connectivity index (χ1v) is 5.93. The largest absolute Gasteiger partial charge is 0.349 e. The first-order chi connectivity index (χ1) is 8.70. The maximum absolute atomic E-state index is 11.8. The Labute approximate surface area is 109 Å². The van der Waals surface area contributed by atoms with E-state index in [1.807, 2.05) is 6.92 Å². The Morgan fingerprint density at radius 3 is 2.94 bits per heavy atom. The molecule has 2 aromatic rings. The average Bonchev–Trinajstić information content (AvgIpc) is 2.98. The summed E-state index contributed by atoms with van der Waals surface area (Å²) in [6.45, 7) is 3.59. The summed E-state index contributed by atoms with van der Waals surface area (Å²) in [4.78, 5) is 11.8. The maximum atomic E-state index is 11.8. The van der Waals surface area contributed by atoms with Crippen LogP contribution in [-0.4, -0.2) is 37.2 Å². The molecular formula is C10H13ClN6O. The van der Waals surface area contributed by atoms with Gasteiger partial charge in [0.1, 0.15) is 0 Å². The lowest BCUT2D eigenvalue weighted by Gasteiger charge is -2.03. The van der Waals surface area contributed by atoms with E-state index in [9.17, 15) is 4.79 Å². The van der Waals surface area contributed by atoms with Crippen LogP contribution >= 0.6 is 11.6 Å². The van der Waals surface area contributed by atoms with Crippen molar-refractivity contribution < 1.29 is 4.79 Å². The summed E-state index contributed by atoms with van der Waals surface area (Å²) in [5.74, 6) is -0.285. The van der Waals surface area contributed by atoms with Gasteiger partial charge in [0, 0.05) is 25.5 Å². The van der Waals surface area contributed by atoms with Crippen molar-refractivity contribution in [2.45, 2.75) is 20.0 Å². The summed E-state index contributed by atoms with van der Waals surface area (Å²) in [6, 6.07) is 0. The van der Waals surface area contributed by atoms with Crippen LogP contribution in [0.3, 0.4) is 0 Å². The number of nitrogens with zero attached hydrogens (tertiary/aromatic N) is 5. The minimum absolute atomic E-state index is 0.247. The third-order valence-electron chi connectivity index (χ3n) is 2.35. The van der Waals surface area contributed by atoms with Gasteiger partial charge in [-0.3, -0.25) is 14.2 Å². The molecule has 0 spiro atoms. The molecule has 0 atom stereocenters. The number of hydrogen-bond donors (Lipinski definition) is 1. The number of rotatable bonds is 5. The number of amides is 1. The molecule has 0 unspecified atom stereocenters. The molecule has 0 radical (unpaired) electrons. The van der Waals surface area contributed by atoms with Crippen LogP contribution in [0, 0.1) is 0 Å². The molecule has 96 valence electrons. The summed E-state index contributed by atoms with van der Waals surface area (Å²) >= 11 is 5.93. The molecule has 0 fully saturated rings. The Hall–Kier alpha value is -1.89. The van der Waals surface area contributed by atoms with Gasteiger partial charge in [-0.05, 0) is 6.92 Å². The molecule has 0 saturated heterocycles. The van der Waals surface area contributed by atoms with Crippen LogP contribution in [0.25, 0.3) is 0 Å². The van der Waals surface area contributed by atoms with Gasteiger partial charge in [-0.1, -0.05) is 16.8 Å². The van der Waals surface area contributed by atoms with Gasteiger partial charge in [-0.15, -0.1) is 5.10 Å². The maximum Gasteiger partial charge on any atom is 0.273 e. The van der Waals surface area contributed by atoms with Crippen molar-refractivity contribution in [1.29, 1.82) is 0 Å². The number of nitrogens with one attached hydrogen (secondary N) is 1. The Kier molecular flexibility index (Phi) is 3.93. The smallest absolute Gasteiger partial charge is 0.273 e. The van der Waals surface area contributed by atoms with Gasteiger partial charge < -0.3 is 5.32 Å². The lowest BCUT2D eigenvalue weighted by Crippen LogP contribution is -2.28. The first-order valence-electron chi connectivity index (χ1n) is 5.56. The molecule has 0 aromatic carbocycles. The molecule has 1 N–H and O–H groups in total. The zero-order valence-corrected chi connectivity index (χ0v) is 10.6. The van der Waals surface area contributed by atoms with Crippen LogP contribution < -0.4 is 5.32 Å². The fraction of sp³-hybridized carbons (Fsp3) is 0.400. The van der Waals surface area contributed by atoms with E-state index in [2.05, 4.69) is 20.7 Å². The molecule has 0 aliphatic carbocycles. The van der Waals surface area contributed by atoms with E-state index in [4.69, 9.17) is 11.6 Å². The summed E-state index contributed by atoms with van der Waals surface area (Å²) in [5, 5.41) is 14.6. The normalized spacial score (nSPS) is 10.6. The summed E-state index contributed by atoms with van der Waals surface area (Å²) in [6.07, 6.45) is 4.94. The molecule has 8 heteroatoms. The van der Waals surface area contributed by atoms with Crippen molar-refractivity contribution in [2.75, 3.05) is 6.54 Å². The van der Waals surface area contributed by atoms with Gasteiger partial charge >= 0.3 is 0 Å². The van der Waals surface area contributed by atoms with E-state index in [0.717, 1.165) is 0 Å². The van der Waals surface area contributed by atoms with Crippen molar-refractivity contribution in [3.05, 3.63) is 29.3 Å². The highest BCUT2D eigenvalue weighted by Gasteiger charge is 2.14. The summed E-state index contributed by atoms with van der Waals surface area (Å²) in [7, 11) is 0. The highest BCUT2D eigenvalue weighted by atomic mass is 35.5. The number of halogens is 1. The van der Waals surface area contributed by atoms with Crippen molar-refractivity contribution in [3.63, 3.8) is 0 Å². The van der Waals surface area contributed by atoms with E-state index >= 15 is 0 Å². The average molecular weight is 269 g/mol. The number of carbonyl (C=O) groups excluding carboxylic acids is 1. The van der Waals surface area contributed by atoms with Crippen LogP contribution in [0.2, 0.25) is 5.02 Å². The topological polar surface area (TPSA) is 77.6 Å². The molecule has 7 nitrogen and oxygen atoms in total. The van der Waals surface area contributed by atoms with Crippen molar-refractivity contribution in [3.8, 4) is 0 Å². The number of carbonyl (C=O) groups is 1. The highest BCUT2D eigenvalue weighted by molar-refractivity contribution is 6.33. The van der Waals surface area contributed by atoms with E-state index in [1.54, 1.807) is 28.0 Å². The van der Waals surface area contributed by atoms with Crippen LogP contribution in [0.1, 0.15) is 17.4 Å². The second-order valence-electron chi connectivity index (χ2n) is 3.60. The molecule has 0 aliphatic rings. The summed E-state index contributed by atoms with van der Waals surface area (Å²) < 4.78 is 3.25. The number of aryl methyl sites for hydroxylation is 1. The van der Waals surface area contributed by atoms with E-state index in [1.165, 1.54) is 0 Å².